The Morgan fingerprint density at radius 1 is 1.00 bits per heavy atom. The van der Waals surface area contributed by atoms with Crippen molar-refractivity contribution in [3.63, 3.8) is 0 Å². The van der Waals surface area contributed by atoms with Gasteiger partial charge in [0.1, 0.15) is 0 Å². The van der Waals surface area contributed by atoms with Crippen molar-refractivity contribution in [1.29, 1.82) is 0 Å². The van der Waals surface area contributed by atoms with Crippen molar-refractivity contribution in [2.45, 2.75) is 32.7 Å². The summed E-state index contributed by atoms with van der Waals surface area (Å²) in [5.74, 6) is -0.303. The SMILES string of the molecule is Cc1ccc(CCc2c(-c3ccncc3)n(CCc3nn[nH]n3)c3ccc(C(=O)O)cc23)cc1. The third kappa shape index (κ3) is 4.30. The van der Waals surface area contributed by atoms with Crippen molar-refractivity contribution in [1.82, 2.24) is 30.2 Å². The Balaban J connectivity index is 1.66. The lowest BCUT2D eigenvalue weighted by molar-refractivity contribution is 0.0697. The van der Waals surface area contributed by atoms with Crippen molar-refractivity contribution in [3.8, 4) is 11.3 Å². The van der Waals surface area contributed by atoms with Gasteiger partial charge < -0.3 is 9.67 Å². The molecule has 0 bridgehead atoms. The zero-order valence-corrected chi connectivity index (χ0v) is 18.8. The maximum absolute atomic E-state index is 11.8. The maximum atomic E-state index is 11.8. The lowest BCUT2D eigenvalue weighted by atomic mass is 9.98. The topological polar surface area (TPSA) is 110 Å². The summed E-state index contributed by atoms with van der Waals surface area (Å²) in [6.07, 6.45) is 5.78. The highest BCUT2D eigenvalue weighted by Gasteiger charge is 2.20. The number of nitrogens with zero attached hydrogens (tertiary/aromatic N) is 5. The molecule has 2 N–H and O–H groups in total. The molecule has 3 aromatic heterocycles. The van der Waals surface area contributed by atoms with Crippen LogP contribution in [0.4, 0.5) is 0 Å². The highest BCUT2D eigenvalue weighted by Crippen LogP contribution is 2.35. The fraction of sp³-hybridized carbons (Fsp3) is 0.192. The number of benzene rings is 2. The first-order valence-corrected chi connectivity index (χ1v) is 11.2. The summed E-state index contributed by atoms with van der Waals surface area (Å²) in [4.78, 5) is 16.0. The molecule has 0 atom stereocenters. The van der Waals surface area contributed by atoms with Crippen LogP contribution in [-0.2, 0) is 25.8 Å². The molecule has 0 amide bonds. The Morgan fingerprint density at radius 3 is 2.50 bits per heavy atom. The zero-order chi connectivity index (χ0) is 23.5. The van der Waals surface area contributed by atoms with E-state index in [0.29, 0.717) is 18.8 Å². The van der Waals surface area contributed by atoms with E-state index in [-0.39, 0.29) is 5.56 Å². The smallest absolute Gasteiger partial charge is 0.335 e. The van der Waals surface area contributed by atoms with Gasteiger partial charge in [0, 0.05) is 41.8 Å². The molecule has 0 fully saturated rings. The average molecular weight is 453 g/mol. The van der Waals surface area contributed by atoms with Crippen LogP contribution in [0, 0.1) is 6.92 Å². The van der Waals surface area contributed by atoms with E-state index in [2.05, 4.69) is 61.4 Å². The summed E-state index contributed by atoms with van der Waals surface area (Å²) >= 11 is 0. The molecular weight excluding hydrogens is 428 g/mol. The molecule has 5 rings (SSSR count). The lowest BCUT2D eigenvalue weighted by Crippen LogP contribution is -2.06. The number of tetrazole rings is 1. The molecule has 0 unspecified atom stereocenters. The number of pyridine rings is 1. The fourth-order valence-electron chi connectivity index (χ4n) is 4.41. The van der Waals surface area contributed by atoms with Gasteiger partial charge in [-0.1, -0.05) is 35.0 Å². The summed E-state index contributed by atoms with van der Waals surface area (Å²) in [6.45, 7) is 2.71. The van der Waals surface area contributed by atoms with E-state index in [1.807, 2.05) is 18.2 Å². The monoisotopic (exact) mass is 452 g/mol. The van der Waals surface area contributed by atoms with Gasteiger partial charge >= 0.3 is 5.97 Å². The fourth-order valence-corrected chi connectivity index (χ4v) is 4.41. The van der Waals surface area contributed by atoms with Crippen LogP contribution < -0.4 is 0 Å². The first kappa shape index (κ1) is 21.5. The van der Waals surface area contributed by atoms with Crippen LogP contribution in [0.3, 0.4) is 0 Å². The molecule has 0 aliphatic heterocycles. The first-order chi connectivity index (χ1) is 16.6. The molecule has 34 heavy (non-hydrogen) atoms. The summed E-state index contributed by atoms with van der Waals surface area (Å²) in [7, 11) is 0. The highest BCUT2D eigenvalue weighted by molar-refractivity contribution is 5.98. The molecule has 0 radical (unpaired) electrons. The zero-order valence-electron chi connectivity index (χ0n) is 18.8. The number of H-pyrrole nitrogens is 1. The number of nitrogens with one attached hydrogen (secondary N) is 1. The van der Waals surface area contributed by atoms with Gasteiger partial charge in [-0.3, -0.25) is 4.98 Å². The maximum Gasteiger partial charge on any atom is 0.335 e. The molecule has 170 valence electrons. The lowest BCUT2D eigenvalue weighted by Gasteiger charge is -2.12. The van der Waals surface area contributed by atoms with Crippen LogP contribution in [0.2, 0.25) is 0 Å². The Kier molecular flexibility index (Phi) is 5.86. The van der Waals surface area contributed by atoms with E-state index in [1.54, 1.807) is 24.5 Å². The van der Waals surface area contributed by atoms with Gasteiger partial charge in [-0.2, -0.15) is 5.21 Å². The highest BCUT2D eigenvalue weighted by atomic mass is 16.4. The van der Waals surface area contributed by atoms with Gasteiger partial charge in [-0.05, 0) is 61.2 Å². The number of aryl methyl sites for hydroxylation is 5. The molecule has 2 aromatic carbocycles. The van der Waals surface area contributed by atoms with Crippen LogP contribution in [0.5, 0.6) is 0 Å². The number of carboxylic acid groups (broad SMARTS) is 1. The summed E-state index contributed by atoms with van der Waals surface area (Å²) < 4.78 is 2.23. The predicted octanol–water partition coefficient (Wildman–Crippen LogP) is 4.25. The van der Waals surface area contributed by atoms with Crippen molar-refractivity contribution >= 4 is 16.9 Å². The van der Waals surface area contributed by atoms with Gasteiger partial charge in [-0.25, -0.2) is 4.79 Å². The van der Waals surface area contributed by atoms with Gasteiger partial charge in [0.05, 0.1) is 11.3 Å². The molecule has 0 saturated heterocycles. The minimum atomic E-state index is -0.934. The Morgan fingerprint density at radius 2 is 1.79 bits per heavy atom. The van der Waals surface area contributed by atoms with Crippen molar-refractivity contribution in [2.24, 2.45) is 0 Å². The first-order valence-electron chi connectivity index (χ1n) is 11.2. The van der Waals surface area contributed by atoms with Crippen molar-refractivity contribution in [3.05, 3.63) is 95.1 Å². The molecule has 8 nitrogen and oxygen atoms in total. The number of rotatable bonds is 8. The normalized spacial score (nSPS) is 11.2. The van der Waals surface area contributed by atoms with E-state index >= 15 is 0 Å². The largest absolute Gasteiger partial charge is 0.478 e. The van der Waals surface area contributed by atoms with Crippen molar-refractivity contribution in [2.75, 3.05) is 0 Å². The number of aromatic amines is 1. The molecule has 0 aliphatic rings. The molecule has 0 saturated carbocycles. The van der Waals surface area contributed by atoms with Gasteiger partial charge in [0.25, 0.3) is 0 Å². The van der Waals surface area contributed by atoms with E-state index in [0.717, 1.165) is 40.6 Å². The van der Waals surface area contributed by atoms with Gasteiger partial charge in [0.15, 0.2) is 5.82 Å². The van der Waals surface area contributed by atoms with Crippen LogP contribution in [-0.4, -0.2) is 41.3 Å². The number of hydrogen-bond acceptors (Lipinski definition) is 5. The van der Waals surface area contributed by atoms with Gasteiger partial charge in [0.2, 0.25) is 0 Å². The molecule has 0 spiro atoms. The van der Waals surface area contributed by atoms with E-state index in [9.17, 15) is 9.90 Å². The third-order valence-corrected chi connectivity index (χ3v) is 6.10. The minimum absolute atomic E-state index is 0.278. The minimum Gasteiger partial charge on any atom is -0.478 e. The summed E-state index contributed by atoms with van der Waals surface area (Å²) in [5.41, 5.74) is 6.96. The number of carbonyl (C=O) groups is 1. The average Bonchev–Trinajstić information content (AvgIpc) is 3.48. The van der Waals surface area contributed by atoms with Crippen molar-refractivity contribution < 1.29 is 9.90 Å². The van der Waals surface area contributed by atoms with Crippen LogP contribution >= 0.6 is 0 Å². The van der Waals surface area contributed by atoms with E-state index in [1.165, 1.54) is 11.1 Å². The molecule has 0 aliphatic carbocycles. The number of hydrogen-bond donors (Lipinski definition) is 2. The Bertz CT molecular complexity index is 1420. The number of aromatic nitrogens is 6. The van der Waals surface area contributed by atoms with Crippen LogP contribution in [0.25, 0.3) is 22.2 Å². The van der Waals surface area contributed by atoms with Gasteiger partial charge in [-0.15, -0.1) is 10.2 Å². The Hall–Kier alpha value is -4.33. The second-order valence-corrected chi connectivity index (χ2v) is 8.32. The summed E-state index contributed by atoms with van der Waals surface area (Å²) in [6, 6.07) is 17.9. The predicted molar refractivity (Wildman–Crippen MR) is 129 cm³/mol. The van der Waals surface area contributed by atoms with E-state index in [4.69, 9.17) is 0 Å². The van der Waals surface area contributed by atoms with E-state index < -0.39 is 5.97 Å². The second-order valence-electron chi connectivity index (χ2n) is 8.32. The molecule has 8 heteroatoms. The molecular formula is C26H24N6O2. The number of aromatic carboxylic acids is 1. The number of fused-ring (bicyclic) bond motifs is 1. The summed E-state index contributed by atoms with van der Waals surface area (Å²) in [5, 5.41) is 25.0. The quantitative estimate of drug-likeness (QED) is 0.364. The molecule has 3 heterocycles. The number of carboxylic acids is 1. The van der Waals surface area contributed by atoms with Crippen LogP contribution in [0.15, 0.2) is 67.0 Å². The standard InChI is InChI=1S/C26H24N6O2/c1-17-2-4-18(5-3-17)6-8-21-22-16-20(26(33)34)7-9-23(22)32(15-12-24-28-30-31-29-24)25(21)19-10-13-27-14-11-19/h2-5,7,9-11,13-14,16H,6,8,12,15H2,1H3,(H,33,34)(H,28,29,30,31). The van der Waals surface area contributed by atoms with Crippen LogP contribution in [0.1, 0.15) is 32.9 Å². The molecule has 5 aromatic rings. The Labute approximate surface area is 196 Å². The second kappa shape index (κ2) is 9.27. The third-order valence-electron chi connectivity index (χ3n) is 6.10.